The summed E-state index contributed by atoms with van der Waals surface area (Å²) < 4.78 is 17.3. The molecule has 0 aromatic heterocycles. The van der Waals surface area contributed by atoms with Gasteiger partial charge in [-0.15, -0.1) is 0 Å². The van der Waals surface area contributed by atoms with E-state index in [2.05, 4.69) is 111 Å². The maximum absolute atomic E-state index is 12.2. The number of benzene rings is 5. The van der Waals surface area contributed by atoms with Gasteiger partial charge in [0.2, 0.25) is 0 Å². The van der Waals surface area contributed by atoms with Gasteiger partial charge in [-0.25, -0.2) is 13.5 Å². The van der Waals surface area contributed by atoms with E-state index in [1.54, 1.807) is 0 Å². The maximum Gasteiger partial charge on any atom is 0.137 e. The fourth-order valence-corrected chi connectivity index (χ4v) is 20.0. The number of aryl methyl sites for hydroxylation is 1. The first-order chi connectivity index (χ1) is 19.5. The Morgan fingerprint density at radius 3 is 1.20 bits per heavy atom. The van der Waals surface area contributed by atoms with Gasteiger partial charge in [-0.1, -0.05) is 151 Å². The van der Waals surface area contributed by atoms with Crippen LogP contribution in [0.15, 0.2) is 159 Å². The fourth-order valence-electron chi connectivity index (χ4n) is 5.14. The average Bonchev–Trinajstić information content (AvgIpc) is 3.02. The number of rotatable bonds is 6. The van der Waals surface area contributed by atoms with Crippen LogP contribution in [0.2, 0.25) is 0 Å². The van der Waals surface area contributed by atoms with E-state index in [0.717, 1.165) is 32.3 Å². The second kappa shape index (κ2) is 11.0. The highest BCUT2D eigenvalue weighted by atomic mass is 31.3. The van der Waals surface area contributed by atoms with Crippen molar-refractivity contribution in [1.29, 1.82) is 0 Å². The molecule has 0 bridgehead atoms. The number of aliphatic hydroxyl groups is 1. The summed E-state index contributed by atoms with van der Waals surface area (Å²) in [4.78, 5) is 0. The van der Waals surface area contributed by atoms with Crippen molar-refractivity contribution in [1.82, 2.24) is 0 Å². The van der Waals surface area contributed by atoms with Crippen LogP contribution in [0.1, 0.15) is 17.0 Å². The summed E-state index contributed by atoms with van der Waals surface area (Å²) in [5, 5.41) is 16.5. The fraction of sp³-hybridized carbons (Fsp3) is 0.0909. The summed E-state index contributed by atoms with van der Waals surface area (Å²) in [7, 11) is -8.30. The highest BCUT2D eigenvalue weighted by Crippen LogP contribution is 2.79. The summed E-state index contributed by atoms with van der Waals surface area (Å²) in [6.07, 6.45) is 0. The molecule has 7 heteroatoms. The largest absolute Gasteiger partial charge is 0.380 e. The van der Waals surface area contributed by atoms with Crippen LogP contribution < -0.4 is 21.2 Å². The van der Waals surface area contributed by atoms with Gasteiger partial charge in [0.25, 0.3) is 0 Å². The molecule has 0 amide bonds. The number of hydrogen-bond donors (Lipinski definition) is 1. The molecule has 0 aliphatic carbocycles. The Balaban J connectivity index is 1.82. The van der Waals surface area contributed by atoms with Crippen molar-refractivity contribution >= 4 is 42.8 Å². The SMILES string of the molecule is Cc1ccc(C(O)P2(C)=NP(c3ccccc3)(c3ccccc3)=NP(c3ccccc3)(c3ccccc3)=N2)cc1. The third kappa shape index (κ3) is 4.81. The van der Waals surface area contributed by atoms with Crippen LogP contribution in [0, 0.1) is 6.92 Å². The minimum Gasteiger partial charge on any atom is -0.380 e. The molecular weight excluding hydrogens is 547 g/mol. The Kier molecular flexibility index (Phi) is 7.39. The van der Waals surface area contributed by atoms with Crippen molar-refractivity contribution in [2.45, 2.75) is 12.8 Å². The Labute approximate surface area is 237 Å². The summed E-state index contributed by atoms with van der Waals surface area (Å²) in [6.45, 7) is 4.15. The predicted molar refractivity (Wildman–Crippen MR) is 174 cm³/mol. The summed E-state index contributed by atoms with van der Waals surface area (Å²) in [6, 6.07) is 49.9. The zero-order valence-corrected chi connectivity index (χ0v) is 25.2. The van der Waals surface area contributed by atoms with E-state index in [1.807, 2.05) is 48.5 Å². The van der Waals surface area contributed by atoms with E-state index >= 15 is 0 Å². The molecule has 2 unspecified atom stereocenters. The van der Waals surface area contributed by atoms with Gasteiger partial charge in [-0.2, -0.15) is 0 Å². The molecule has 0 fully saturated rings. The molecule has 5 aromatic rings. The van der Waals surface area contributed by atoms with Crippen molar-refractivity contribution in [2.24, 2.45) is 13.5 Å². The van der Waals surface area contributed by atoms with Crippen molar-refractivity contribution in [3.05, 3.63) is 157 Å². The molecule has 0 radical (unpaired) electrons. The van der Waals surface area contributed by atoms with E-state index in [-0.39, 0.29) is 0 Å². The second-order valence-corrected chi connectivity index (χ2v) is 19.1. The molecule has 1 heterocycles. The molecular formula is C33H32N3OP3. The molecule has 40 heavy (non-hydrogen) atoms. The Hall–Kier alpha value is -3.25. The maximum atomic E-state index is 12.2. The zero-order chi connectivity index (χ0) is 27.6. The van der Waals surface area contributed by atoms with Gasteiger partial charge in [0.15, 0.2) is 0 Å². The van der Waals surface area contributed by atoms with Gasteiger partial charge in [-0.3, -0.25) is 0 Å². The van der Waals surface area contributed by atoms with Gasteiger partial charge in [-0.05, 0) is 19.2 Å². The third-order valence-electron chi connectivity index (χ3n) is 7.18. The van der Waals surface area contributed by atoms with Gasteiger partial charge < -0.3 is 5.11 Å². The molecule has 1 aliphatic heterocycles. The summed E-state index contributed by atoms with van der Waals surface area (Å²) in [5.41, 5.74) is 1.99. The average molecular weight is 580 g/mol. The van der Waals surface area contributed by atoms with Gasteiger partial charge in [0.1, 0.15) is 27.5 Å². The minimum absolute atomic E-state index is 0.842. The molecule has 0 spiro atoms. The summed E-state index contributed by atoms with van der Waals surface area (Å²) in [5.74, 6) is -0.845. The monoisotopic (exact) mass is 579 g/mol. The van der Waals surface area contributed by atoms with Crippen LogP contribution in [0.25, 0.3) is 0 Å². The highest BCUT2D eigenvalue weighted by molar-refractivity contribution is 7.97. The Morgan fingerprint density at radius 1 is 0.475 bits per heavy atom. The van der Waals surface area contributed by atoms with Crippen LogP contribution >= 0.6 is 21.6 Å². The molecule has 4 nitrogen and oxygen atoms in total. The van der Waals surface area contributed by atoms with Crippen LogP contribution in [0.3, 0.4) is 0 Å². The number of aliphatic hydroxyl groups excluding tert-OH is 1. The molecule has 0 saturated heterocycles. The predicted octanol–water partition coefficient (Wildman–Crippen LogP) is 8.28. The first kappa shape index (κ1) is 26.9. The van der Waals surface area contributed by atoms with E-state index in [4.69, 9.17) is 13.5 Å². The van der Waals surface area contributed by atoms with Crippen molar-refractivity contribution in [3.63, 3.8) is 0 Å². The van der Waals surface area contributed by atoms with E-state index in [1.165, 1.54) is 0 Å². The molecule has 5 aromatic carbocycles. The molecule has 200 valence electrons. The van der Waals surface area contributed by atoms with E-state index in [0.29, 0.717) is 0 Å². The lowest BCUT2D eigenvalue weighted by Gasteiger charge is -2.38. The Bertz CT molecular complexity index is 1620. The van der Waals surface area contributed by atoms with Crippen molar-refractivity contribution in [2.75, 3.05) is 6.66 Å². The van der Waals surface area contributed by atoms with Crippen LogP contribution in [-0.4, -0.2) is 11.8 Å². The second-order valence-electron chi connectivity index (χ2n) is 10.1. The Morgan fingerprint density at radius 2 is 0.825 bits per heavy atom. The van der Waals surface area contributed by atoms with Gasteiger partial charge in [0, 0.05) is 21.2 Å². The summed E-state index contributed by atoms with van der Waals surface area (Å²) >= 11 is 0. The highest BCUT2D eigenvalue weighted by Gasteiger charge is 2.41. The number of nitrogens with zero attached hydrogens (tertiary/aromatic N) is 3. The molecule has 2 atom stereocenters. The standard InChI is InChI=1S/C33H32N3OP3/c1-27-23-25-28(26-24-27)33(37)38(2)34-39(29-15-7-3-8-16-29,30-17-9-4-10-18-30)36-40(35-38,31-19-11-5-12-20-31)32-21-13-6-14-22-32/h3-26,33,37H,1-2H3. The normalized spacial score (nSPS) is 19.9. The first-order valence-electron chi connectivity index (χ1n) is 13.3. The molecule has 1 aliphatic rings. The van der Waals surface area contributed by atoms with Crippen molar-refractivity contribution < 1.29 is 5.11 Å². The molecule has 1 N–H and O–H groups in total. The smallest absolute Gasteiger partial charge is 0.137 e. The van der Waals surface area contributed by atoms with Gasteiger partial charge >= 0.3 is 0 Å². The lowest BCUT2D eigenvalue weighted by atomic mass is 10.2. The molecule has 0 saturated carbocycles. The van der Waals surface area contributed by atoms with E-state index in [9.17, 15) is 5.11 Å². The topological polar surface area (TPSA) is 57.3 Å². The number of hydrogen-bond acceptors (Lipinski definition) is 4. The zero-order valence-electron chi connectivity index (χ0n) is 22.6. The quantitative estimate of drug-likeness (QED) is 0.202. The lowest BCUT2D eigenvalue weighted by molar-refractivity contribution is 0.262. The van der Waals surface area contributed by atoms with E-state index < -0.39 is 27.5 Å². The minimum atomic E-state index is -2.79. The van der Waals surface area contributed by atoms with Crippen LogP contribution in [-0.2, 0) is 0 Å². The van der Waals surface area contributed by atoms with Crippen LogP contribution in [0.5, 0.6) is 0 Å². The molecule has 6 rings (SSSR count). The van der Waals surface area contributed by atoms with Crippen molar-refractivity contribution in [3.8, 4) is 0 Å². The third-order valence-corrected chi connectivity index (χ3v) is 19.5. The van der Waals surface area contributed by atoms with Gasteiger partial charge in [0.05, 0.1) is 0 Å². The first-order valence-corrected chi connectivity index (χ1v) is 18.9. The lowest BCUT2D eigenvalue weighted by Crippen LogP contribution is -2.21. The van der Waals surface area contributed by atoms with Crippen LogP contribution in [0.4, 0.5) is 0 Å².